The zero-order chi connectivity index (χ0) is 13.3. The van der Waals surface area contributed by atoms with Gasteiger partial charge in [-0.15, -0.1) is 11.3 Å². The predicted molar refractivity (Wildman–Crippen MR) is 73.9 cm³/mol. The molecule has 4 nitrogen and oxygen atoms in total. The summed E-state index contributed by atoms with van der Waals surface area (Å²) in [6.07, 6.45) is -0.540. The van der Waals surface area contributed by atoms with Crippen molar-refractivity contribution in [2.45, 2.75) is 37.6 Å². The fourth-order valence-electron chi connectivity index (χ4n) is 2.40. The van der Waals surface area contributed by atoms with Crippen molar-refractivity contribution < 1.29 is 10.2 Å². The van der Waals surface area contributed by atoms with Crippen LogP contribution in [0.5, 0.6) is 0 Å². The maximum absolute atomic E-state index is 9.67. The zero-order valence-corrected chi connectivity index (χ0v) is 11.9. The van der Waals surface area contributed by atoms with Gasteiger partial charge in [-0.05, 0) is 18.6 Å². The number of likely N-dealkylation sites (tertiary alicyclic amines) is 1. The Morgan fingerprint density at radius 3 is 2.50 bits per heavy atom. The topological polar surface area (TPSA) is 69.7 Å². The predicted octanol–water partition coefficient (Wildman–Crippen LogP) is 1.22. The van der Waals surface area contributed by atoms with E-state index in [9.17, 15) is 10.2 Å². The molecule has 4 atom stereocenters. The van der Waals surface area contributed by atoms with Gasteiger partial charge in [0.25, 0.3) is 0 Å². The zero-order valence-electron chi connectivity index (χ0n) is 10.3. The molecule has 0 amide bonds. The van der Waals surface area contributed by atoms with Gasteiger partial charge in [-0.3, -0.25) is 4.90 Å². The van der Waals surface area contributed by atoms with Crippen molar-refractivity contribution in [1.82, 2.24) is 4.90 Å². The number of aliphatic hydroxyl groups is 2. The van der Waals surface area contributed by atoms with Crippen LogP contribution < -0.4 is 5.73 Å². The number of nitrogens with two attached hydrogens (primary N) is 1. The minimum atomic E-state index is -0.688. The molecule has 4 N–H and O–H groups in total. The standard InChI is InChI=1S/C12H19ClN2O2S/c1-2-7(14)12(10-3-4-11(13)18-10)15-5-8(16)9(17)6-15/h3-4,7-9,12,16-17H,2,5-6,14H2,1H3. The maximum Gasteiger partial charge on any atom is 0.0938 e. The Hall–Kier alpha value is -0.170. The average Bonchev–Trinajstić information content (AvgIpc) is 2.87. The van der Waals surface area contributed by atoms with E-state index in [1.165, 1.54) is 11.3 Å². The van der Waals surface area contributed by atoms with Gasteiger partial charge in [-0.1, -0.05) is 18.5 Å². The van der Waals surface area contributed by atoms with Crippen LogP contribution in [-0.2, 0) is 0 Å². The van der Waals surface area contributed by atoms with Crippen molar-refractivity contribution in [2.75, 3.05) is 13.1 Å². The lowest BCUT2D eigenvalue weighted by Crippen LogP contribution is -2.40. The number of β-amino-alcohol motifs (C(OH)–C–C–N with tert-alkyl or cyclic N) is 2. The number of hydrogen-bond donors (Lipinski definition) is 3. The summed E-state index contributed by atoms with van der Waals surface area (Å²) >= 11 is 7.49. The lowest BCUT2D eigenvalue weighted by atomic mass is 10.0. The fourth-order valence-corrected chi connectivity index (χ4v) is 3.67. The Morgan fingerprint density at radius 2 is 2.06 bits per heavy atom. The van der Waals surface area contributed by atoms with Crippen molar-refractivity contribution in [1.29, 1.82) is 0 Å². The molecular weight excluding hydrogens is 272 g/mol. The number of hydrogen-bond acceptors (Lipinski definition) is 5. The average molecular weight is 291 g/mol. The summed E-state index contributed by atoms with van der Waals surface area (Å²) in [7, 11) is 0. The van der Waals surface area contributed by atoms with Crippen LogP contribution in [0.2, 0.25) is 4.34 Å². The second kappa shape index (κ2) is 5.86. The summed E-state index contributed by atoms with van der Waals surface area (Å²) < 4.78 is 0.735. The molecule has 4 unspecified atom stereocenters. The van der Waals surface area contributed by atoms with E-state index in [0.29, 0.717) is 13.1 Å². The summed E-state index contributed by atoms with van der Waals surface area (Å²) in [6.45, 7) is 2.94. The fraction of sp³-hybridized carbons (Fsp3) is 0.667. The van der Waals surface area contributed by atoms with Crippen molar-refractivity contribution in [3.8, 4) is 0 Å². The first-order valence-electron chi connectivity index (χ1n) is 6.14. The number of aliphatic hydroxyl groups excluding tert-OH is 2. The van der Waals surface area contributed by atoms with Gasteiger partial charge in [0.15, 0.2) is 0 Å². The maximum atomic E-state index is 9.67. The lowest BCUT2D eigenvalue weighted by molar-refractivity contribution is 0.0572. The summed E-state index contributed by atoms with van der Waals surface area (Å²) in [5.74, 6) is 0. The first kappa shape index (κ1) is 14.2. The van der Waals surface area contributed by atoms with Crippen LogP contribution in [0.3, 0.4) is 0 Å². The Kier molecular flexibility index (Phi) is 4.64. The highest BCUT2D eigenvalue weighted by Crippen LogP contribution is 2.34. The van der Waals surface area contributed by atoms with Gasteiger partial charge in [-0.25, -0.2) is 0 Å². The largest absolute Gasteiger partial charge is 0.389 e. The minimum absolute atomic E-state index is 0.0132. The quantitative estimate of drug-likeness (QED) is 0.780. The molecule has 1 fully saturated rings. The van der Waals surface area contributed by atoms with Crippen LogP contribution in [0.25, 0.3) is 0 Å². The molecule has 102 valence electrons. The molecule has 1 aliphatic heterocycles. The summed E-state index contributed by atoms with van der Waals surface area (Å²) in [4.78, 5) is 3.14. The SMILES string of the molecule is CCC(N)C(c1ccc(Cl)s1)N1CC(O)C(O)C1. The Labute approximate surface area is 116 Å². The van der Waals surface area contributed by atoms with Crippen LogP contribution in [-0.4, -0.2) is 46.5 Å². The van der Waals surface area contributed by atoms with Gasteiger partial charge >= 0.3 is 0 Å². The first-order chi connectivity index (χ1) is 8.52. The molecular formula is C12H19ClN2O2S. The van der Waals surface area contributed by atoms with Gasteiger partial charge in [0, 0.05) is 24.0 Å². The second-order valence-corrected chi connectivity index (χ2v) is 6.49. The highest BCUT2D eigenvalue weighted by molar-refractivity contribution is 7.16. The van der Waals surface area contributed by atoms with Crippen LogP contribution in [0, 0.1) is 0 Å². The van der Waals surface area contributed by atoms with E-state index in [0.717, 1.165) is 15.6 Å². The molecule has 1 aromatic heterocycles. The molecule has 1 aliphatic rings. The highest BCUT2D eigenvalue weighted by Gasteiger charge is 2.37. The smallest absolute Gasteiger partial charge is 0.0938 e. The van der Waals surface area contributed by atoms with Gasteiger partial charge in [0.2, 0.25) is 0 Å². The van der Waals surface area contributed by atoms with E-state index in [1.807, 2.05) is 24.0 Å². The number of nitrogens with zero attached hydrogens (tertiary/aromatic N) is 1. The summed E-state index contributed by atoms with van der Waals surface area (Å²) in [5, 5.41) is 19.3. The Morgan fingerprint density at radius 1 is 1.44 bits per heavy atom. The van der Waals surface area contributed by atoms with E-state index in [1.54, 1.807) is 0 Å². The summed E-state index contributed by atoms with van der Waals surface area (Å²) in [5.41, 5.74) is 6.19. The highest BCUT2D eigenvalue weighted by atomic mass is 35.5. The third-order valence-electron chi connectivity index (χ3n) is 3.44. The van der Waals surface area contributed by atoms with Crippen molar-refractivity contribution >= 4 is 22.9 Å². The minimum Gasteiger partial charge on any atom is -0.389 e. The summed E-state index contributed by atoms with van der Waals surface area (Å²) in [6, 6.07) is 3.82. The molecule has 0 aliphatic carbocycles. The number of halogens is 1. The molecule has 0 saturated carbocycles. The molecule has 0 aromatic carbocycles. The Bertz CT molecular complexity index is 391. The Balaban J connectivity index is 2.21. The molecule has 6 heteroatoms. The van der Waals surface area contributed by atoms with E-state index in [2.05, 4.69) is 0 Å². The van der Waals surface area contributed by atoms with Gasteiger partial charge in [-0.2, -0.15) is 0 Å². The number of thiophene rings is 1. The van der Waals surface area contributed by atoms with Crippen molar-refractivity contribution in [2.24, 2.45) is 5.73 Å². The monoisotopic (exact) mass is 290 g/mol. The second-order valence-electron chi connectivity index (χ2n) is 4.75. The van der Waals surface area contributed by atoms with Gasteiger partial charge in [0.1, 0.15) is 0 Å². The number of rotatable bonds is 4. The third kappa shape index (κ3) is 2.87. The molecule has 18 heavy (non-hydrogen) atoms. The van der Waals surface area contributed by atoms with E-state index in [4.69, 9.17) is 17.3 Å². The third-order valence-corrected chi connectivity index (χ3v) is 4.74. The molecule has 0 radical (unpaired) electrons. The van der Waals surface area contributed by atoms with Crippen LogP contribution >= 0.6 is 22.9 Å². The first-order valence-corrected chi connectivity index (χ1v) is 7.33. The van der Waals surface area contributed by atoms with Crippen molar-refractivity contribution in [3.05, 3.63) is 21.3 Å². The molecule has 2 rings (SSSR count). The van der Waals surface area contributed by atoms with E-state index in [-0.39, 0.29) is 12.1 Å². The normalized spacial score (nSPS) is 28.5. The van der Waals surface area contributed by atoms with E-state index < -0.39 is 12.2 Å². The van der Waals surface area contributed by atoms with Gasteiger partial charge in [0.05, 0.1) is 22.6 Å². The molecule has 0 bridgehead atoms. The van der Waals surface area contributed by atoms with Crippen molar-refractivity contribution in [3.63, 3.8) is 0 Å². The van der Waals surface area contributed by atoms with Gasteiger partial charge < -0.3 is 15.9 Å². The lowest BCUT2D eigenvalue weighted by Gasteiger charge is -2.31. The molecule has 1 saturated heterocycles. The molecule has 1 aromatic rings. The van der Waals surface area contributed by atoms with Crippen LogP contribution in [0.1, 0.15) is 24.3 Å². The van der Waals surface area contributed by atoms with Crippen LogP contribution in [0.4, 0.5) is 0 Å². The van der Waals surface area contributed by atoms with Crippen LogP contribution in [0.15, 0.2) is 12.1 Å². The van der Waals surface area contributed by atoms with E-state index >= 15 is 0 Å². The molecule has 0 spiro atoms. The molecule has 2 heterocycles.